The normalized spacial score (nSPS) is 11.0. The zero-order valence-electron chi connectivity index (χ0n) is 12.2. The van der Waals surface area contributed by atoms with Crippen LogP contribution in [-0.2, 0) is 6.42 Å². The van der Waals surface area contributed by atoms with Crippen LogP contribution in [0.1, 0.15) is 43.4 Å². The van der Waals surface area contributed by atoms with Crippen molar-refractivity contribution in [2.75, 3.05) is 0 Å². The van der Waals surface area contributed by atoms with Gasteiger partial charge in [0.05, 0.1) is 0 Å². The molecule has 2 aromatic rings. The van der Waals surface area contributed by atoms with Crippen molar-refractivity contribution in [2.45, 2.75) is 40.0 Å². The van der Waals surface area contributed by atoms with E-state index in [9.17, 15) is 5.11 Å². The van der Waals surface area contributed by atoms with E-state index in [-0.39, 0.29) is 0 Å². The number of benzene rings is 2. The van der Waals surface area contributed by atoms with Crippen LogP contribution in [0.3, 0.4) is 0 Å². The monoisotopic (exact) mass is 254 g/mol. The number of rotatable bonds is 3. The fourth-order valence-corrected chi connectivity index (χ4v) is 2.52. The van der Waals surface area contributed by atoms with Gasteiger partial charge in [0.2, 0.25) is 0 Å². The molecule has 2 aromatic carbocycles. The molecule has 0 fully saturated rings. The van der Waals surface area contributed by atoms with E-state index in [1.54, 1.807) is 12.1 Å². The zero-order chi connectivity index (χ0) is 14.0. The minimum Gasteiger partial charge on any atom is -0.508 e. The summed E-state index contributed by atoms with van der Waals surface area (Å²) in [7, 11) is 0. The summed E-state index contributed by atoms with van der Waals surface area (Å²) in [5.74, 6) is 0.812. The molecule has 0 saturated heterocycles. The fourth-order valence-electron chi connectivity index (χ4n) is 2.52. The number of hydrogen-bond donors (Lipinski definition) is 1. The summed E-state index contributed by atoms with van der Waals surface area (Å²) >= 11 is 0. The van der Waals surface area contributed by atoms with E-state index in [0.29, 0.717) is 11.7 Å². The molecule has 0 saturated carbocycles. The summed E-state index contributed by atoms with van der Waals surface area (Å²) in [6.07, 6.45) is 1.07. The molecule has 0 spiro atoms. The van der Waals surface area contributed by atoms with Crippen LogP contribution in [0.15, 0.2) is 36.4 Å². The third-order valence-electron chi connectivity index (χ3n) is 3.69. The van der Waals surface area contributed by atoms with Crippen molar-refractivity contribution in [3.8, 4) is 16.9 Å². The van der Waals surface area contributed by atoms with E-state index in [1.165, 1.54) is 27.8 Å². The van der Waals surface area contributed by atoms with Crippen LogP contribution < -0.4 is 0 Å². The molecule has 1 nitrogen and oxygen atoms in total. The number of aryl methyl sites for hydroxylation is 2. The van der Waals surface area contributed by atoms with Gasteiger partial charge >= 0.3 is 0 Å². The van der Waals surface area contributed by atoms with Gasteiger partial charge in [-0.05, 0) is 59.2 Å². The molecule has 0 unspecified atom stereocenters. The van der Waals surface area contributed by atoms with Crippen LogP contribution in [-0.4, -0.2) is 5.11 Å². The molecule has 0 radical (unpaired) electrons. The number of phenolic OH excluding ortho intramolecular Hbond substituents is 1. The number of phenols is 1. The van der Waals surface area contributed by atoms with Gasteiger partial charge in [-0.25, -0.2) is 0 Å². The zero-order valence-corrected chi connectivity index (χ0v) is 12.2. The van der Waals surface area contributed by atoms with Crippen molar-refractivity contribution in [1.82, 2.24) is 0 Å². The topological polar surface area (TPSA) is 20.2 Å². The third kappa shape index (κ3) is 2.81. The van der Waals surface area contributed by atoms with E-state index in [4.69, 9.17) is 0 Å². The lowest BCUT2D eigenvalue weighted by atomic mass is 9.88. The van der Waals surface area contributed by atoms with Crippen LogP contribution >= 0.6 is 0 Å². The number of aromatic hydroxyl groups is 1. The van der Waals surface area contributed by atoms with Gasteiger partial charge in [0.1, 0.15) is 5.75 Å². The van der Waals surface area contributed by atoms with Crippen LogP contribution in [0, 0.1) is 6.92 Å². The highest BCUT2D eigenvalue weighted by Gasteiger charge is 2.11. The second kappa shape index (κ2) is 5.48. The molecule has 0 atom stereocenters. The molecule has 0 amide bonds. The van der Waals surface area contributed by atoms with Crippen LogP contribution in [0.25, 0.3) is 11.1 Å². The third-order valence-corrected chi connectivity index (χ3v) is 3.69. The van der Waals surface area contributed by atoms with Crippen molar-refractivity contribution >= 4 is 0 Å². The predicted molar refractivity (Wildman–Crippen MR) is 81.7 cm³/mol. The first-order valence-corrected chi connectivity index (χ1v) is 6.95. The molecular weight excluding hydrogens is 232 g/mol. The molecule has 0 aliphatic heterocycles. The molecule has 1 N–H and O–H groups in total. The Hall–Kier alpha value is -1.76. The molecule has 100 valence electrons. The molecule has 19 heavy (non-hydrogen) atoms. The molecule has 0 aromatic heterocycles. The lowest BCUT2D eigenvalue weighted by molar-refractivity contribution is 0.475. The molecule has 0 bridgehead atoms. The summed E-state index contributed by atoms with van der Waals surface area (Å²) in [5, 5.41) is 9.42. The minimum absolute atomic E-state index is 0.316. The average molecular weight is 254 g/mol. The van der Waals surface area contributed by atoms with Crippen molar-refractivity contribution in [3.63, 3.8) is 0 Å². The Morgan fingerprint density at radius 3 is 2.21 bits per heavy atom. The lowest BCUT2D eigenvalue weighted by Crippen LogP contribution is -1.97. The van der Waals surface area contributed by atoms with E-state index in [2.05, 4.69) is 39.8 Å². The largest absolute Gasteiger partial charge is 0.508 e. The van der Waals surface area contributed by atoms with Crippen molar-refractivity contribution < 1.29 is 5.11 Å². The smallest absolute Gasteiger partial charge is 0.115 e. The summed E-state index contributed by atoms with van der Waals surface area (Å²) in [4.78, 5) is 0. The summed E-state index contributed by atoms with van der Waals surface area (Å²) in [6, 6.07) is 12.1. The average Bonchev–Trinajstić information content (AvgIpc) is 2.39. The second-order valence-electron chi connectivity index (χ2n) is 5.42. The number of hydrogen-bond acceptors (Lipinski definition) is 1. The van der Waals surface area contributed by atoms with Gasteiger partial charge in [0.25, 0.3) is 0 Å². The van der Waals surface area contributed by atoms with Crippen LogP contribution in [0.5, 0.6) is 5.75 Å². The van der Waals surface area contributed by atoms with Crippen LogP contribution in [0.4, 0.5) is 0 Å². The van der Waals surface area contributed by atoms with Gasteiger partial charge < -0.3 is 5.11 Å². The first kappa shape index (κ1) is 13.7. The molecule has 2 rings (SSSR count). The van der Waals surface area contributed by atoms with Gasteiger partial charge in [-0.15, -0.1) is 0 Å². The molecule has 0 aliphatic rings. The highest BCUT2D eigenvalue weighted by molar-refractivity contribution is 5.70. The van der Waals surface area contributed by atoms with Crippen molar-refractivity contribution in [3.05, 3.63) is 53.1 Å². The standard InChI is InChI=1S/C18H22O/c1-5-14-11-17(12(2)3)18(10-13(14)4)15-6-8-16(19)9-7-15/h6-12,19H,5H2,1-4H3. The Morgan fingerprint density at radius 2 is 1.68 bits per heavy atom. The first-order valence-electron chi connectivity index (χ1n) is 6.95. The van der Waals surface area contributed by atoms with E-state index >= 15 is 0 Å². The molecule has 0 aliphatic carbocycles. The Labute approximate surface area is 115 Å². The van der Waals surface area contributed by atoms with Crippen molar-refractivity contribution in [1.29, 1.82) is 0 Å². The Kier molecular flexibility index (Phi) is 3.94. The van der Waals surface area contributed by atoms with Gasteiger partial charge in [-0.2, -0.15) is 0 Å². The lowest BCUT2D eigenvalue weighted by Gasteiger charge is -2.17. The maximum atomic E-state index is 9.42. The Bertz CT molecular complexity index is 565. The Balaban J connectivity index is 2.61. The Morgan fingerprint density at radius 1 is 1.05 bits per heavy atom. The SMILES string of the molecule is CCc1cc(C(C)C)c(-c2ccc(O)cc2)cc1C. The van der Waals surface area contributed by atoms with E-state index in [0.717, 1.165) is 6.42 Å². The highest BCUT2D eigenvalue weighted by Crippen LogP contribution is 2.32. The summed E-state index contributed by atoms with van der Waals surface area (Å²) in [5.41, 5.74) is 6.60. The van der Waals surface area contributed by atoms with Gasteiger partial charge in [0.15, 0.2) is 0 Å². The maximum absolute atomic E-state index is 9.42. The van der Waals surface area contributed by atoms with E-state index < -0.39 is 0 Å². The minimum atomic E-state index is 0.316. The second-order valence-corrected chi connectivity index (χ2v) is 5.42. The van der Waals surface area contributed by atoms with Gasteiger partial charge in [0, 0.05) is 0 Å². The van der Waals surface area contributed by atoms with Crippen LogP contribution in [0.2, 0.25) is 0 Å². The highest BCUT2D eigenvalue weighted by atomic mass is 16.3. The fraction of sp³-hybridized carbons (Fsp3) is 0.333. The molecule has 1 heteroatoms. The quantitative estimate of drug-likeness (QED) is 0.812. The molecule has 0 heterocycles. The van der Waals surface area contributed by atoms with Crippen molar-refractivity contribution in [2.24, 2.45) is 0 Å². The maximum Gasteiger partial charge on any atom is 0.115 e. The molecular formula is C18H22O. The van der Waals surface area contributed by atoms with E-state index in [1.807, 2.05) is 12.1 Å². The first-order chi connectivity index (χ1) is 9.02. The van der Waals surface area contributed by atoms with Gasteiger partial charge in [-0.1, -0.05) is 45.0 Å². The summed E-state index contributed by atoms with van der Waals surface area (Å²) < 4.78 is 0. The predicted octanol–water partition coefficient (Wildman–Crippen LogP) is 5.05. The summed E-state index contributed by atoms with van der Waals surface area (Å²) in [6.45, 7) is 8.83. The van der Waals surface area contributed by atoms with Gasteiger partial charge in [-0.3, -0.25) is 0 Å².